The Morgan fingerprint density at radius 2 is 2.44 bits per heavy atom. The lowest BCUT2D eigenvalue weighted by Crippen LogP contribution is -2.35. The minimum Gasteiger partial charge on any atom is -0.379 e. The number of aromatic nitrogens is 1. The molecular weight excluding hydrogens is 262 g/mol. The van der Waals surface area contributed by atoms with Crippen molar-refractivity contribution in [3.8, 4) is 0 Å². The van der Waals surface area contributed by atoms with Gasteiger partial charge in [0.05, 0.1) is 17.6 Å². The number of hydrogen-bond donors (Lipinski definition) is 1. The highest BCUT2D eigenvalue weighted by Gasteiger charge is 2.25. The van der Waals surface area contributed by atoms with E-state index in [2.05, 4.69) is 10.3 Å². The van der Waals surface area contributed by atoms with Gasteiger partial charge in [-0.05, 0) is 12.5 Å². The monoisotopic (exact) mass is 271 g/mol. The van der Waals surface area contributed by atoms with Crippen LogP contribution in [-0.2, 0) is 4.74 Å². The molecule has 0 radical (unpaired) electrons. The highest BCUT2D eigenvalue weighted by atomic mass is 35.5. The Labute approximate surface area is 107 Å². The predicted octanol–water partition coefficient (Wildman–Crippen LogP) is 1.16. The lowest BCUT2D eigenvalue weighted by atomic mass is 10.2. The molecule has 0 saturated carbocycles. The number of nitrogens with one attached hydrogen (secondary N) is 1. The van der Waals surface area contributed by atoms with Crippen LogP contribution < -0.4 is 5.32 Å². The van der Waals surface area contributed by atoms with Gasteiger partial charge in [0.1, 0.15) is 16.9 Å². The van der Waals surface area contributed by atoms with Crippen LogP contribution in [0.1, 0.15) is 16.8 Å². The van der Waals surface area contributed by atoms with Gasteiger partial charge in [-0.25, -0.2) is 4.98 Å². The van der Waals surface area contributed by atoms with Gasteiger partial charge >= 0.3 is 0 Å². The van der Waals surface area contributed by atoms with Crippen LogP contribution in [0.3, 0.4) is 0 Å². The van der Waals surface area contributed by atoms with Gasteiger partial charge < -0.3 is 10.1 Å². The Balaban J connectivity index is 2.22. The van der Waals surface area contributed by atoms with Crippen LogP contribution in [0.15, 0.2) is 12.3 Å². The SMILES string of the molecule is O=C(NC1CCOC1)c1cc(Cl)ncc1[N+](=O)[O-]. The van der Waals surface area contributed by atoms with E-state index in [-0.39, 0.29) is 22.4 Å². The van der Waals surface area contributed by atoms with Gasteiger partial charge in [0.15, 0.2) is 0 Å². The summed E-state index contributed by atoms with van der Waals surface area (Å²) >= 11 is 5.64. The smallest absolute Gasteiger partial charge is 0.300 e. The van der Waals surface area contributed by atoms with Crippen molar-refractivity contribution in [3.05, 3.63) is 33.1 Å². The standard InChI is InChI=1S/C10H10ClN3O4/c11-9-3-7(8(4-12-9)14(16)17)10(15)13-6-1-2-18-5-6/h3-4,6H,1-2,5H2,(H,13,15). The first-order chi connectivity index (χ1) is 8.58. The average Bonchev–Trinajstić information content (AvgIpc) is 2.81. The highest BCUT2D eigenvalue weighted by Crippen LogP contribution is 2.20. The Bertz CT molecular complexity index is 488. The molecule has 1 unspecified atom stereocenters. The number of nitro groups is 1. The van der Waals surface area contributed by atoms with Crippen molar-refractivity contribution in [2.75, 3.05) is 13.2 Å². The first kappa shape index (κ1) is 12.7. The second-order valence-electron chi connectivity index (χ2n) is 3.82. The number of rotatable bonds is 3. The Hall–Kier alpha value is -1.73. The highest BCUT2D eigenvalue weighted by molar-refractivity contribution is 6.29. The van der Waals surface area contributed by atoms with E-state index >= 15 is 0 Å². The van der Waals surface area contributed by atoms with E-state index in [0.29, 0.717) is 19.6 Å². The van der Waals surface area contributed by atoms with Crippen LogP contribution in [0.25, 0.3) is 0 Å². The summed E-state index contributed by atoms with van der Waals surface area (Å²) in [5.74, 6) is -0.540. The number of hydrogen-bond acceptors (Lipinski definition) is 5. The normalized spacial score (nSPS) is 18.6. The molecule has 1 fully saturated rings. The number of carbonyl (C=O) groups is 1. The first-order valence-corrected chi connectivity index (χ1v) is 5.64. The molecule has 1 aromatic rings. The summed E-state index contributed by atoms with van der Waals surface area (Å²) in [7, 11) is 0. The van der Waals surface area contributed by atoms with E-state index in [1.807, 2.05) is 0 Å². The number of nitrogens with zero attached hydrogens (tertiary/aromatic N) is 2. The number of halogens is 1. The third-order valence-electron chi connectivity index (χ3n) is 2.56. The molecule has 1 saturated heterocycles. The maximum Gasteiger partial charge on any atom is 0.300 e. The van der Waals surface area contributed by atoms with Crippen molar-refractivity contribution in [1.82, 2.24) is 10.3 Å². The average molecular weight is 272 g/mol. The lowest BCUT2D eigenvalue weighted by molar-refractivity contribution is -0.385. The first-order valence-electron chi connectivity index (χ1n) is 5.26. The molecule has 1 N–H and O–H groups in total. The van der Waals surface area contributed by atoms with Gasteiger partial charge in [0, 0.05) is 6.61 Å². The van der Waals surface area contributed by atoms with E-state index in [1.165, 1.54) is 6.07 Å². The zero-order chi connectivity index (χ0) is 13.1. The molecule has 2 rings (SSSR count). The summed E-state index contributed by atoms with van der Waals surface area (Å²) < 4.78 is 5.11. The van der Waals surface area contributed by atoms with Crippen molar-refractivity contribution in [1.29, 1.82) is 0 Å². The number of ether oxygens (including phenoxy) is 1. The summed E-state index contributed by atoms with van der Waals surface area (Å²) in [5.41, 5.74) is -0.456. The summed E-state index contributed by atoms with van der Waals surface area (Å²) in [6.45, 7) is 0.989. The second-order valence-corrected chi connectivity index (χ2v) is 4.20. The fourth-order valence-electron chi connectivity index (χ4n) is 1.66. The molecule has 8 heteroatoms. The van der Waals surface area contributed by atoms with E-state index < -0.39 is 10.8 Å². The molecule has 0 aliphatic carbocycles. The fraction of sp³-hybridized carbons (Fsp3) is 0.400. The van der Waals surface area contributed by atoms with Crippen molar-refractivity contribution >= 4 is 23.2 Å². The molecule has 1 aliphatic heterocycles. The van der Waals surface area contributed by atoms with Gasteiger partial charge in [-0.2, -0.15) is 0 Å². The maximum absolute atomic E-state index is 11.9. The minimum absolute atomic E-state index is 0.0356. The fourth-order valence-corrected chi connectivity index (χ4v) is 1.82. The molecular formula is C10H10ClN3O4. The van der Waals surface area contributed by atoms with Crippen LogP contribution in [0, 0.1) is 10.1 Å². The molecule has 2 heterocycles. The molecule has 0 aromatic carbocycles. The van der Waals surface area contributed by atoms with Crippen molar-refractivity contribution in [3.63, 3.8) is 0 Å². The van der Waals surface area contributed by atoms with Crippen LogP contribution in [0.4, 0.5) is 5.69 Å². The van der Waals surface area contributed by atoms with E-state index in [1.54, 1.807) is 0 Å². The summed E-state index contributed by atoms with van der Waals surface area (Å²) in [5, 5.41) is 13.5. The third kappa shape index (κ3) is 2.74. The third-order valence-corrected chi connectivity index (χ3v) is 2.76. The maximum atomic E-state index is 11.9. The lowest BCUT2D eigenvalue weighted by Gasteiger charge is -2.10. The number of carbonyl (C=O) groups excluding carboxylic acids is 1. The van der Waals surface area contributed by atoms with Crippen molar-refractivity contribution < 1.29 is 14.5 Å². The molecule has 96 valence electrons. The van der Waals surface area contributed by atoms with E-state index in [4.69, 9.17) is 16.3 Å². The molecule has 1 atom stereocenters. The van der Waals surface area contributed by atoms with Crippen LogP contribution in [0.2, 0.25) is 5.15 Å². The topological polar surface area (TPSA) is 94.4 Å². The van der Waals surface area contributed by atoms with Crippen LogP contribution in [0.5, 0.6) is 0 Å². The molecule has 0 spiro atoms. The second kappa shape index (κ2) is 5.28. The number of pyridine rings is 1. The molecule has 1 aromatic heterocycles. The zero-order valence-corrected chi connectivity index (χ0v) is 10.0. The van der Waals surface area contributed by atoms with Crippen LogP contribution >= 0.6 is 11.6 Å². The van der Waals surface area contributed by atoms with Gasteiger partial charge in [0.25, 0.3) is 11.6 Å². The zero-order valence-electron chi connectivity index (χ0n) is 9.26. The van der Waals surface area contributed by atoms with Gasteiger partial charge in [-0.1, -0.05) is 11.6 Å². The quantitative estimate of drug-likeness (QED) is 0.506. The Morgan fingerprint density at radius 3 is 3.06 bits per heavy atom. The van der Waals surface area contributed by atoms with Crippen molar-refractivity contribution in [2.24, 2.45) is 0 Å². The molecule has 7 nitrogen and oxygen atoms in total. The largest absolute Gasteiger partial charge is 0.379 e. The molecule has 18 heavy (non-hydrogen) atoms. The predicted molar refractivity (Wildman–Crippen MR) is 62.6 cm³/mol. The summed E-state index contributed by atoms with van der Waals surface area (Å²) in [4.78, 5) is 25.6. The number of amides is 1. The van der Waals surface area contributed by atoms with Gasteiger partial charge in [-0.3, -0.25) is 14.9 Å². The van der Waals surface area contributed by atoms with Gasteiger partial charge in [0.2, 0.25) is 0 Å². The molecule has 1 aliphatic rings. The minimum atomic E-state index is -0.663. The molecule has 1 amide bonds. The van der Waals surface area contributed by atoms with Crippen molar-refractivity contribution in [2.45, 2.75) is 12.5 Å². The van der Waals surface area contributed by atoms with Crippen LogP contribution in [-0.4, -0.2) is 35.1 Å². The van der Waals surface area contributed by atoms with Gasteiger partial charge in [-0.15, -0.1) is 0 Å². The Morgan fingerprint density at radius 1 is 1.67 bits per heavy atom. The summed E-state index contributed by atoms with van der Waals surface area (Å²) in [6.07, 6.45) is 1.67. The summed E-state index contributed by atoms with van der Waals surface area (Å²) in [6, 6.07) is 1.06. The van der Waals surface area contributed by atoms with E-state index in [0.717, 1.165) is 6.20 Å². The van der Waals surface area contributed by atoms with E-state index in [9.17, 15) is 14.9 Å². The molecule has 0 bridgehead atoms. The Kier molecular flexibility index (Phi) is 3.73.